The van der Waals surface area contributed by atoms with E-state index in [-0.39, 0.29) is 24.8 Å². The van der Waals surface area contributed by atoms with Gasteiger partial charge >= 0.3 is 0 Å². The van der Waals surface area contributed by atoms with Crippen molar-refractivity contribution in [1.82, 2.24) is 5.32 Å². The van der Waals surface area contributed by atoms with Crippen LogP contribution in [0.5, 0.6) is 0 Å². The summed E-state index contributed by atoms with van der Waals surface area (Å²) in [6, 6.07) is -0.0764. The molecule has 0 saturated heterocycles. The van der Waals surface area contributed by atoms with Gasteiger partial charge in [0.15, 0.2) is 0 Å². The molecule has 0 unspecified atom stereocenters. The lowest BCUT2D eigenvalue weighted by Crippen LogP contribution is -2.40. The van der Waals surface area contributed by atoms with Gasteiger partial charge in [0.1, 0.15) is 0 Å². The Kier molecular flexibility index (Phi) is 4.77. The molecule has 1 saturated carbocycles. The van der Waals surface area contributed by atoms with Crippen molar-refractivity contribution >= 4 is 17.5 Å². The molecule has 15 heavy (non-hydrogen) atoms. The summed E-state index contributed by atoms with van der Waals surface area (Å²) < 4.78 is 25.6. The lowest BCUT2D eigenvalue weighted by atomic mass is 9.92. The molecule has 0 bridgehead atoms. The van der Waals surface area contributed by atoms with Gasteiger partial charge in [-0.3, -0.25) is 4.79 Å². The molecule has 1 amide bonds. The lowest BCUT2D eigenvalue weighted by Gasteiger charge is -2.28. The topological polar surface area (TPSA) is 29.1 Å². The zero-order valence-electron chi connectivity index (χ0n) is 8.57. The first-order chi connectivity index (χ1) is 7.03. The van der Waals surface area contributed by atoms with Gasteiger partial charge < -0.3 is 5.32 Å². The maximum Gasteiger partial charge on any atom is 0.248 e. The normalized spacial score (nSPS) is 21.3. The standard InChI is InChI=1S/C10H16ClF2NO/c11-7-1-2-9(15)14-8-3-5-10(12,13)6-4-8/h8H,1-7H2,(H,14,15). The minimum atomic E-state index is -2.53. The second-order valence-electron chi connectivity index (χ2n) is 3.99. The molecule has 1 aliphatic rings. The van der Waals surface area contributed by atoms with E-state index in [0.29, 0.717) is 31.6 Å². The molecule has 1 fully saturated rings. The van der Waals surface area contributed by atoms with E-state index >= 15 is 0 Å². The summed E-state index contributed by atoms with van der Waals surface area (Å²) in [5, 5.41) is 2.76. The summed E-state index contributed by atoms with van der Waals surface area (Å²) >= 11 is 5.45. The molecule has 0 aromatic carbocycles. The van der Waals surface area contributed by atoms with Gasteiger partial charge in [0.2, 0.25) is 11.8 Å². The number of hydrogen-bond donors (Lipinski definition) is 1. The Bertz CT molecular complexity index is 213. The van der Waals surface area contributed by atoms with Crippen molar-refractivity contribution in [3.05, 3.63) is 0 Å². The molecule has 0 aliphatic heterocycles. The van der Waals surface area contributed by atoms with E-state index in [4.69, 9.17) is 11.6 Å². The number of amides is 1. The van der Waals surface area contributed by atoms with Crippen LogP contribution in [-0.4, -0.2) is 23.8 Å². The maximum atomic E-state index is 12.8. The zero-order chi connectivity index (χ0) is 11.3. The van der Waals surface area contributed by atoms with E-state index < -0.39 is 5.92 Å². The van der Waals surface area contributed by atoms with Gasteiger partial charge in [0.25, 0.3) is 0 Å². The van der Waals surface area contributed by atoms with Crippen LogP contribution in [0.15, 0.2) is 0 Å². The van der Waals surface area contributed by atoms with Crippen molar-refractivity contribution in [1.29, 1.82) is 0 Å². The highest BCUT2D eigenvalue weighted by molar-refractivity contribution is 6.17. The van der Waals surface area contributed by atoms with Gasteiger partial charge in [0, 0.05) is 31.2 Å². The summed E-state index contributed by atoms with van der Waals surface area (Å²) in [6.45, 7) is 0. The fourth-order valence-corrected chi connectivity index (χ4v) is 1.85. The number of carbonyl (C=O) groups is 1. The van der Waals surface area contributed by atoms with Gasteiger partial charge in [-0.2, -0.15) is 0 Å². The Morgan fingerprint density at radius 2 is 2.00 bits per heavy atom. The van der Waals surface area contributed by atoms with E-state index in [1.54, 1.807) is 0 Å². The highest BCUT2D eigenvalue weighted by atomic mass is 35.5. The first-order valence-electron chi connectivity index (χ1n) is 5.27. The third-order valence-electron chi connectivity index (χ3n) is 2.62. The quantitative estimate of drug-likeness (QED) is 0.751. The predicted octanol–water partition coefficient (Wildman–Crippen LogP) is 2.70. The molecule has 0 atom stereocenters. The molecule has 0 aromatic rings. The molecule has 2 nitrogen and oxygen atoms in total. The van der Waals surface area contributed by atoms with Crippen LogP contribution in [0.4, 0.5) is 8.78 Å². The van der Waals surface area contributed by atoms with Crippen LogP contribution in [-0.2, 0) is 4.79 Å². The Balaban J connectivity index is 2.21. The van der Waals surface area contributed by atoms with E-state index in [9.17, 15) is 13.6 Å². The van der Waals surface area contributed by atoms with Gasteiger partial charge in [0.05, 0.1) is 0 Å². The first-order valence-corrected chi connectivity index (χ1v) is 5.80. The molecular formula is C10H16ClF2NO. The number of rotatable bonds is 4. The molecule has 0 heterocycles. The largest absolute Gasteiger partial charge is 0.353 e. The number of alkyl halides is 3. The van der Waals surface area contributed by atoms with Crippen molar-refractivity contribution in [3.63, 3.8) is 0 Å². The van der Waals surface area contributed by atoms with Gasteiger partial charge in [-0.25, -0.2) is 8.78 Å². The van der Waals surface area contributed by atoms with Gasteiger partial charge in [-0.15, -0.1) is 11.6 Å². The fraction of sp³-hybridized carbons (Fsp3) is 0.900. The second-order valence-corrected chi connectivity index (χ2v) is 4.37. The number of nitrogens with one attached hydrogen (secondary N) is 1. The van der Waals surface area contributed by atoms with Crippen molar-refractivity contribution in [2.75, 3.05) is 5.88 Å². The van der Waals surface area contributed by atoms with Gasteiger partial charge in [-0.05, 0) is 19.3 Å². The Morgan fingerprint density at radius 1 is 1.40 bits per heavy atom. The molecule has 1 aliphatic carbocycles. The highest BCUT2D eigenvalue weighted by Gasteiger charge is 2.35. The van der Waals surface area contributed by atoms with Gasteiger partial charge in [-0.1, -0.05) is 0 Å². The molecule has 5 heteroatoms. The van der Waals surface area contributed by atoms with Crippen LogP contribution in [0.2, 0.25) is 0 Å². The van der Waals surface area contributed by atoms with E-state index in [0.717, 1.165) is 0 Å². The zero-order valence-corrected chi connectivity index (χ0v) is 9.33. The smallest absolute Gasteiger partial charge is 0.248 e. The van der Waals surface area contributed by atoms with Crippen molar-refractivity contribution in [2.24, 2.45) is 0 Å². The predicted molar refractivity (Wildman–Crippen MR) is 55.3 cm³/mol. The second kappa shape index (κ2) is 5.64. The molecular weight excluding hydrogens is 224 g/mol. The number of halogens is 3. The SMILES string of the molecule is O=C(CCCCl)NC1CCC(F)(F)CC1. The van der Waals surface area contributed by atoms with Crippen LogP contribution in [0, 0.1) is 0 Å². The summed E-state index contributed by atoms with van der Waals surface area (Å²) in [5.41, 5.74) is 0. The molecule has 0 spiro atoms. The minimum Gasteiger partial charge on any atom is -0.353 e. The van der Waals surface area contributed by atoms with E-state index in [1.165, 1.54) is 0 Å². The summed E-state index contributed by atoms with van der Waals surface area (Å²) in [5.74, 6) is -2.15. The van der Waals surface area contributed by atoms with Crippen LogP contribution < -0.4 is 5.32 Å². The first kappa shape index (κ1) is 12.7. The van der Waals surface area contributed by atoms with Crippen LogP contribution in [0.1, 0.15) is 38.5 Å². The highest BCUT2D eigenvalue weighted by Crippen LogP contribution is 2.32. The maximum absolute atomic E-state index is 12.8. The molecule has 0 aromatic heterocycles. The number of carbonyl (C=O) groups excluding carboxylic acids is 1. The van der Waals surface area contributed by atoms with E-state index in [1.807, 2.05) is 0 Å². The lowest BCUT2D eigenvalue weighted by molar-refractivity contribution is -0.123. The van der Waals surface area contributed by atoms with Crippen molar-refractivity contribution < 1.29 is 13.6 Å². The van der Waals surface area contributed by atoms with Crippen LogP contribution in [0.3, 0.4) is 0 Å². The van der Waals surface area contributed by atoms with Crippen molar-refractivity contribution in [2.45, 2.75) is 50.5 Å². The van der Waals surface area contributed by atoms with E-state index in [2.05, 4.69) is 5.32 Å². The third-order valence-corrected chi connectivity index (χ3v) is 2.89. The third kappa shape index (κ3) is 4.78. The molecule has 88 valence electrons. The Labute approximate surface area is 93.4 Å². The number of hydrogen-bond acceptors (Lipinski definition) is 1. The monoisotopic (exact) mass is 239 g/mol. The fourth-order valence-electron chi connectivity index (χ4n) is 1.71. The van der Waals surface area contributed by atoms with Crippen molar-refractivity contribution in [3.8, 4) is 0 Å². The Morgan fingerprint density at radius 3 is 2.53 bits per heavy atom. The van der Waals surface area contributed by atoms with Crippen LogP contribution >= 0.6 is 11.6 Å². The Hall–Kier alpha value is -0.380. The molecule has 1 N–H and O–H groups in total. The summed E-state index contributed by atoms with van der Waals surface area (Å²) in [7, 11) is 0. The average molecular weight is 240 g/mol. The minimum absolute atomic E-state index is 0.0764. The molecule has 1 rings (SSSR count). The van der Waals surface area contributed by atoms with Crippen LogP contribution in [0.25, 0.3) is 0 Å². The molecule has 0 radical (unpaired) electrons. The summed E-state index contributed by atoms with van der Waals surface area (Å²) in [6.07, 6.45) is 1.53. The summed E-state index contributed by atoms with van der Waals surface area (Å²) in [4.78, 5) is 11.3. The average Bonchev–Trinajstić information content (AvgIpc) is 2.18.